The van der Waals surface area contributed by atoms with Crippen LogP contribution < -0.4 is 14.4 Å². The van der Waals surface area contributed by atoms with Crippen LogP contribution in [0.4, 0.5) is 5.69 Å². The summed E-state index contributed by atoms with van der Waals surface area (Å²) in [6, 6.07) is 11.4. The van der Waals surface area contributed by atoms with Gasteiger partial charge < -0.3 is 9.64 Å². The van der Waals surface area contributed by atoms with Gasteiger partial charge in [-0.25, -0.2) is 21.6 Å². The zero-order valence-corrected chi connectivity index (χ0v) is 21.1. The molecule has 0 bridgehead atoms. The monoisotopic (exact) mass is 496 g/mol. The van der Waals surface area contributed by atoms with Crippen LogP contribution in [0.15, 0.2) is 47.4 Å². The maximum atomic E-state index is 12.8. The minimum Gasteiger partial charge on any atom is -0.454 e. The lowest BCUT2D eigenvalue weighted by Gasteiger charge is -2.28. The number of ether oxygens (including phenoxy) is 1. The molecule has 33 heavy (non-hydrogen) atoms. The molecule has 0 unspecified atom stereocenters. The fourth-order valence-corrected chi connectivity index (χ4v) is 4.49. The summed E-state index contributed by atoms with van der Waals surface area (Å²) in [7, 11) is -7.67. The van der Waals surface area contributed by atoms with Gasteiger partial charge in [0, 0.05) is 24.9 Å². The fraction of sp³-hybridized carbons (Fsp3) is 0.435. The Balaban J connectivity index is 2.77. The van der Waals surface area contributed by atoms with Crippen molar-refractivity contribution in [2.45, 2.75) is 44.4 Å². The number of hydrogen-bond donors (Lipinski definition) is 1. The SMILES string of the molecule is CCCCN(CCCC)c1cc(C(=O)NS(C)(=O)=O)cc(S(C)(=O)=O)c1Oc1ccccc1. The summed E-state index contributed by atoms with van der Waals surface area (Å²) in [5.74, 6) is -0.337. The predicted molar refractivity (Wildman–Crippen MR) is 130 cm³/mol. The highest BCUT2D eigenvalue weighted by molar-refractivity contribution is 7.90. The van der Waals surface area contributed by atoms with Crippen LogP contribution in [0, 0.1) is 0 Å². The van der Waals surface area contributed by atoms with E-state index < -0.39 is 25.8 Å². The van der Waals surface area contributed by atoms with E-state index in [1.165, 1.54) is 6.07 Å². The molecule has 0 radical (unpaired) electrons. The largest absolute Gasteiger partial charge is 0.454 e. The van der Waals surface area contributed by atoms with Gasteiger partial charge in [-0.1, -0.05) is 44.9 Å². The van der Waals surface area contributed by atoms with Crippen molar-refractivity contribution in [3.05, 3.63) is 48.0 Å². The van der Waals surface area contributed by atoms with Gasteiger partial charge in [-0.15, -0.1) is 0 Å². The van der Waals surface area contributed by atoms with Crippen molar-refractivity contribution in [3.8, 4) is 11.5 Å². The molecule has 0 aliphatic rings. The zero-order chi connectivity index (χ0) is 24.6. The number of hydrogen-bond acceptors (Lipinski definition) is 7. The van der Waals surface area contributed by atoms with Gasteiger partial charge in [0.2, 0.25) is 10.0 Å². The minimum absolute atomic E-state index is 0.0748. The predicted octanol–water partition coefficient (Wildman–Crippen LogP) is 3.98. The van der Waals surface area contributed by atoms with Gasteiger partial charge in [0.05, 0.1) is 11.9 Å². The first-order chi connectivity index (χ1) is 15.5. The summed E-state index contributed by atoms with van der Waals surface area (Å²) in [6.07, 6.45) is 5.44. The highest BCUT2D eigenvalue weighted by atomic mass is 32.2. The highest BCUT2D eigenvalue weighted by Crippen LogP contribution is 2.40. The Hall–Kier alpha value is -2.59. The van der Waals surface area contributed by atoms with E-state index in [0.29, 0.717) is 24.5 Å². The van der Waals surface area contributed by atoms with E-state index in [0.717, 1.165) is 44.3 Å². The van der Waals surface area contributed by atoms with Gasteiger partial charge in [-0.2, -0.15) is 0 Å². The number of para-hydroxylation sites is 1. The lowest BCUT2D eigenvalue weighted by molar-refractivity contribution is 0.0981. The molecular weight excluding hydrogens is 464 g/mol. The number of sulfonamides is 1. The molecule has 2 aromatic rings. The topological polar surface area (TPSA) is 110 Å². The van der Waals surface area contributed by atoms with Crippen LogP contribution in [0.2, 0.25) is 0 Å². The number of amides is 1. The first kappa shape index (κ1) is 26.7. The number of rotatable bonds is 12. The second-order valence-electron chi connectivity index (χ2n) is 7.91. The van der Waals surface area contributed by atoms with Gasteiger partial charge in [-0.05, 0) is 37.1 Å². The van der Waals surface area contributed by atoms with Crippen molar-refractivity contribution >= 4 is 31.5 Å². The number of nitrogens with one attached hydrogen (secondary N) is 1. The number of benzene rings is 2. The average Bonchev–Trinajstić information content (AvgIpc) is 2.73. The van der Waals surface area contributed by atoms with E-state index >= 15 is 0 Å². The Kier molecular flexibility index (Phi) is 9.30. The van der Waals surface area contributed by atoms with Crippen LogP contribution in [0.1, 0.15) is 49.9 Å². The average molecular weight is 497 g/mol. The molecule has 0 aliphatic heterocycles. The van der Waals surface area contributed by atoms with E-state index in [-0.39, 0.29) is 16.2 Å². The fourth-order valence-electron chi connectivity index (χ4n) is 3.22. The van der Waals surface area contributed by atoms with Gasteiger partial charge >= 0.3 is 0 Å². The highest BCUT2D eigenvalue weighted by Gasteiger charge is 2.26. The molecule has 0 heterocycles. The quantitative estimate of drug-likeness (QED) is 0.473. The minimum atomic E-state index is -3.83. The third-order valence-corrected chi connectivity index (χ3v) is 6.50. The van der Waals surface area contributed by atoms with Crippen molar-refractivity contribution in [1.29, 1.82) is 0 Å². The molecule has 10 heteroatoms. The molecular formula is C23H32N2O6S2. The van der Waals surface area contributed by atoms with Crippen LogP contribution in [-0.4, -0.2) is 48.3 Å². The molecule has 0 atom stereocenters. The standard InChI is InChI=1S/C23H32N2O6S2/c1-5-7-14-25(15-8-6-2)20-16-18(23(26)24-33(4,29)30)17-21(32(3,27)28)22(20)31-19-12-10-9-11-13-19/h9-13,16-17H,5-8,14-15H2,1-4H3,(H,24,26). The second kappa shape index (κ2) is 11.5. The summed E-state index contributed by atoms with van der Waals surface area (Å²) in [5.41, 5.74) is 0.358. The third kappa shape index (κ3) is 8.04. The van der Waals surface area contributed by atoms with E-state index in [1.807, 2.05) is 15.7 Å². The number of carbonyl (C=O) groups excluding carboxylic acids is 1. The molecule has 0 saturated heterocycles. The number of carbonyl (C=O) groups is 1. The number of anilines is 1. The van der Waals surface area contributed by atoms with Crippen molar-refractivity contribution < 1.29 is 26.4 Å². The first-order valence-electron chi connectivity index (χ1n) is 10.8. The molecule has 1 amide bonds. The molecule has 2 rings (SSSR count). The lowest BCUT2D eigenvalue weighted by Crippen LogP contribution is -2.31. The maximum Gasteiger partial charge on any atom is 0.264 e. The van der Waals surface area contributed by atoms with E-state index in [1.54, 1.807) is 24.3 Å². The van der Waals surface area contributed by atoms with Gasteiger partial charge in [0.15, 0.2) is 15.6 Å². The Morgan fingerprint density at radius 2 is 1.52 bits per heavy atom. The molecule has 0 spiro atoms. The first-order valence-corrected chi connectivity index (χ1v) is 14.6. The summed E-state index contributed by atoms with van der Waals surface area (Å²) >= 11 is 0. The van der Waals surface area contributed by atoms with Crippen molar-refractivity contribution in [3.63, 3.8) is 0 Å². The molecule has 0 fully saturated rings. The maximum absolute atomic E-state index is 12.8. The molecule has 0 aromatic heterocycles. The van der Waals surface area contributed by atoms with Gasteiger partial charge in [0.25, 0.3) is 5.91 Å². The summed E-state index contributed by atoms with van der Waals surface area (Å²) in [5, 5.41) is 0. The van der Waals surface area contributed by atoms with Gasteiger partial charge in [-0.3, -0.25) is 4.79 Å². The van der Waals surface area contributed by atoms with Crippen molar-refractivity contribution in [1.82, 2.24) is 4.72 Å². The Morgan fingerprint density at radius 1 is 0.939 bits per heavy atom. The third-order valence-electron chi connectivity index (χ3n) is 4.84. The van der Waals surface area contributed by atoms with Crippen molar-refractivity contribution in [2.24, 2.45) is 0 Å². The van der Waals surface area contributed by atoms with E-state index in [9.17, 15) is 21.6 Å². The van der Waals surface area contributed by atoms with Gasteiger partial charge in [0.1, 0.15) is 10.6 Å². The summed E-state index contributed by atoms with van der Waals surface area (Å²) in [6.45, 7) is 5.36. The smallest absolute Gasteiger partial charge is 0.264 e. The van der Waals surface area contributed by atoms with Crippen LogP contribution in [-0.2, 0) is 19.9 Å². The zero-order valence-electron chi connectivity index (χ0n) is 19.5. The number of unbranched alkanes of at least 4 members (excludes halogenated alkanes) is 2. The number of sulfone groups is 1. The normalized spacial score (nSPS) is 11.8. The van der Waals surface area contributed by atoms with E-state index in [2.05, 4.69) is 13.8 Å². The van der Waals surface area contributed by atoms with E-state index in [4.69, 9.17) is 4.74 Å². The summed E-state index contributed by atoms with van der Waals surface area (Å²) in [4.78, 5) is 14.5. The molecule has 0 aliphatic carbocycles. The van der Waals surface area contributed by atoms with Crippen LogP contribution in [0.3, 0.4) is 0 Å². The molecule has 2 aromatic carbocycles. The van der Waals surface area contributed by atoms with Crippen LogP contribution in [0.25, 0.3) is 0 Å². The van der Waals surface area contributed by atoms with Crippen LogP contribution in [0.5, 0.6) is 11.5 Å². The van der Waals surface area contributed by atoms with Crippen LogP contribution >= 0.6 is 0 Å². The Labute approximate surface area is 196 Å². The Bertz CT molecular complexity index is 1150. The molecule has 182 valence electrons. The second-order valence-corrected chi connectivity index (χ2v) is 11.6. The molecule has 8 nitrogen and oxygen atoms in total. The molecule has 0 saturated carbocycles. The Morgan fingerprint density at radius 3 is 2.00 bits per heavy atom. The summed E-state index contributed by atoms with van der Waals surface area (Å²) < 4.78 is 56.7. The van der Waals surface area contributed by atoms with Crippen molar-refractivity contribution in [2.75, 3.05) is 30.5 Å². The lowest BCUT2D eigenvalue weighted by atomic mass is 10.1. The molecule has 1 N–H and O–H groups in total. The number of nitrogens with zero attached hydrogens (tertiary/aromatic N) is 1.